The summed E-state index contributed by atoms with van der Waals surface area (Å²) in [6, 6.07) is 17.1. The van der Waals surface area contributed by atoms with Crippen LogP contribution in [0.3, 0.4) is 0 Å². The van der Waals surface area contributed by atoms with E-state index in [1.54, 1.807) is 39.3 Å². The molecule has 0 saturated heterocycles. The summed E-state index contributed by atoms with van der Waals surface area (Å²) < 4.78 is 15.9. The molecule has 2 amide bonds. The first-order valence-corrected chi connectivity index (χ1v) is 14.1. The third kappa shape index (κ3) is 7.83. The molecule has 0 bridgehead atoms. The lowest BCUT2D eigenvalue weighted by atomic mass is 10.1. The number of carbonyl (C=O) groups is 2. The Morgan fingerprint density at radius 2 is 1.67 bits per heavy atom. The van der Waals surface area contributed by atoms with Crippen molar-refractivity contribution in [1.82, 2.24) is 15.1 Å². The van der Waals surface area contributed by atoms with Gasteiger partial charge in [-0.3, -0.25) is 19.7 Å². The fourth-order valence-electron chi connectivity index (χ4n) is 4.28. The molecule has 0 aliphatic carbocycles. The summed E-state index contributed by atoms with van der Waals surface area (Å²) in [4.78, 5) is 38.9. The highest BCUT2D eigenvalue weighted by atomic mass is 32.1. The van der Waals surface area contributed by atoms with Gasteiger partial charge in [-0.1, -0.05) is 23.5 Å². The fourth-order valence-corrected chi connectivity index (χ4v) is 5.04. The maximum absolute atomic E-state index is 13.6. The molecule has 224 valence electrons. The van der Waals surface area contributed by atoms with E-state index in [1.165, 1.54) is 29.4 Å². The molecule has 1 heterocycles. The van der Waals surface area contributed by atoms with Crippen LogP contribution >= 0.6 is 11.3 Å². The van der Waals surface area contributed by atoms with Gasteiger partial charge in [0.15, 0.2) is 11.5 Å². The molecule has 4 aromatic rings. The van der Waals surface area contributed by atoms with Crippen molar-refractivity contribution in [3.63, 3.8) is 0 Å². The van der Waals surface area contributed by atoms with Crippen LogP contribution in [0.25, 0.3) is 10.6 Å². The average Bonchev–Trinajstić information content (AvgIpc) is 3.49. The topological polar surface area (TPSA) is 146 Å². The van der Waals surface area contributed by atoms with Gasteiger partial charge < -0.3 is 24.4 Å². The summed E-state index contributed by atoms with van der Waals surface area (Å²) in [5.41, 5.74) is 2.18. The number of hydrogen-bond donors (Lipinski definition) is 1. The summed E-state index contributed by atoms with van der Waals surface area (Å²) in [5.74, 6) is 1.07. The molecule has 0 atom stereocenters. The monoisotopic (exact) mass is 605 g/mol. The number of hydrogen-bond acceptors (Lipinski definition) is 10. The number of methoxy groups -OCH3 is 3. The summed E-state index contributed by atoms with van der Waals surface area (Å²) in [6.45, 7) is 1.94. The van der Waals surface area contributed by atoms with Crippen LogP contribution in [0.4, 0.5) is 10.8 Å². The number of benzene rings is 3. The van der Waals surface area contributed by atoms with E-state index in [2.05, 4.69) is 15.5 Å². The van der Waals surface area contributed by atoms with E-state index < -0.39 is 10.8 Å². The largest absolute Gasteiger partial charge is 0.497 e. The van der Waals surface area contributed by atoms with Gasteiger partial charge in [0.2, 0.25) is 11.0 Å². The molecule has 0 radical (unpaired) electrons. The Balaban J connectivity index is 1.47. The smallest absolute Gasteiger partial charge is 0.273 e. The van der Waals surface area contributed by atoms with Gasteiger partial charge >= 0.3 is 0 Å². The Labute approximate surface area is 252 Å². The molecule has 0 aliphatic rings. The number of nitrogens with one attached hydrogen (secondary N) is 1. The fraction of sp³-hybridized carbons (Fsp3) is 0.267. The van der Waals surface area contributed by atoms with Gasteiger partial charge in [0.1, 0.15) is 10.8 Å². The van der Waals surface area contributed by atoms with E-state index in [1.807, 2.05) is 36.4 Å². The minimum absolute atomic E-state index is 0.0247. The molecule has 3 aromatic carbocycles. The average molecular weight is 606 g/mol. The van der Waals surface area contributed by atoms with Crippen LogP contribution in [0.2, 0.25) is 0 Å². The molecule has 0 aliphatic heterocycles. The van der Waals surface area contributed by atoms with E-state index in [4.69, 9.17) is 14.2 Å². The number of carbonyl (C=O) groups excluding carboxylic acids is 2. The molecule has 12 nitrogen and oxygen atoms in total. The maximum Gasteiger partial charge on any atom is 0.273 e. The lowest BCUT2D eigenvalue weighted by Gasteiger charge is -2.23. The highest BCUT2D eigenvalue weighted by molar-refractivity contribution is 7.18. The van der Waals surface area contributed by atoms with Gasteiger partial charge in [-0.15, -0.1) is 10.2 Å². The molecular formula is C30H31N5O7S. The Kier molecular flexibility index (Phi) is 10.2. The third-order valence-corrected chi connectivity index (χ3v) is 7.56. The standard InChI is InChI=1S/C30H31N5O7S/c1-19-5-7-22(18-24(19)35(38)39)29(37)34(15-13-20-6-12-25(41-3)26(17-20)42-4)16-14-27(36)31-30-33-32-28(43-30)21-8-10-23(40-2)11-9-21/h5-12,17-18H,13-16H2,1-4H3,(H,31,33,36). The SMILES string of the molecule is COc1ccc(-c2nnc(NC(=O)CCN(CCc3ccc(OC)c(OC)c3)C(=O)c3ccc(C)c([N+](=O)[O-])c3)s2)cc1. The van der Waals surface area contributed by atoms with Crippen molar-refractivity contribution in [2.75, 3.05) is 39.7 Å². The summed E-state index contributed by atoms with van der Waals surface area (Å²) in [7, 11) is 4.67. The number of nitrogens with zero attached hydrogens (tertiary/aromatic N) is 4. The first-order chi connectivity index (χ1) is 20.7. The summed E-state index contributed by atoms with van der Waals surface area (Å²) in [6.07, 6.45) is 0.423. The van der Waals surface area contributed by atoms with Gasteiger partial charge in [0.25, 0.3) is 11.6 Å². The number of aryl methyl sites for hydroxylation is 1. The minimum atomic E-state index is -0.518. The third-order valence-electron chi connectivity index (χ3n) is 6.68. The van der Waals surface area contributed by atoms with Crippen LogP contribution in [-0.2, 0) is 11.2 Å². The second-order valence-corrected chi connectivity index (χ2v) is 10.4. The normalized spacial score (nSPS) is 10.6. The predicted molar refractivity (Wildman–Crippen MR) is 162 cm³/mol. The van der Waals surface area contributed by atoms with Crippen LogP contribution in [0.1, 0.15) is 27.9 Å². The Morgan fingerprint density at radius 1 is 0.930 bits per heavy atom. The molecule has 13 heteroatoms. The van der Waals surface area contributed by atoms with E-state index >= 15 is 0 Å². The van der Waals surface area contributed by atoms with Crippen LogP contribution < -0.4 is 19.5 Å². The quantitative estimate of drug-likeness (QED) is 0.161. The van der Waals surface area contributed by atoms with Crippen LogP contribution in [0, 0.1) is 17.0 Å². The zero-order chi connectivity index (χ0) is 30.9. The zero-order valence-electron chi connectivity index (χ0n) is 24.2. The number of aromatic nitrogens is 2. The zero-order valence-corrected chi connectivity index (χ0v) is 25.0. The van der Waals surface area contributed by atoms with Crippen molar-refractivity contribution in [2.45, 2.75) is 19.8 Å². The maximum atomic E-state index is 13.6. The highest BCUT2D eigenvalue weighted by Gasteiger charge is 2.21. The summed E-state index contributed by atoms with van der Waals surface area (Å²) >= 11 is 1.22. The second kappa shape index (κ2) is 14.2. The first kappa shape index (κ1) is 30.9. The van der Waals surface area contributed by atoms with Crippen LogP contribution in [0.15, 0.2) is 60.7 Å². The molecular weight excluding hydrogens is 574 g/mol. The van der Waals surface area contributed by atoms with Gasteiger partial charge in [-0.2, -0.15) is 0 Å². The van der Waals surface area contributed by atoms with Crippen molar-refractivity contribution >= 4 is 34.0 Å². The number of nitro groups is 1. The van der Waals surface area contributed by atoms with E-state index in [0.29, 0.717) is 39.4 Å². The lowest BCUT2D eigenvalue weighted by Crippen LogP contribution is -2.35. The van der Waals surface area contributed by atoms with Crippen molar-refractivity contribution in [2.24, 2.45) is 0 Å². The molecule has 0 saturated carbocycles. The van der Waals surface area contributed by atoms with E-state index in [9.17, 15) is 19.7 Å². The van der Waals surface area contributed by atoms with Crippen molar-refractivity contribution in [3.8, 4) is 27.8 Å². The van der Waals surface area contributed by atoms with Crippen LogP contribution in [0.5, 0.6) is 17.2 Å². The van der Waals surface area contributed by atoms with Crippen molar-refractivity contribution < 1.29 is 28.7 Å². The van der Waals surface area contributed by atoms with E-state index in [0.717, 1.165) is 11.1 Å². The number of anilines is 1. The van der Waals surface area contributed by atoms with Crippen molar-refractivity contribution in [1.29, 1.82) is 0 Å². The van der Waals surface area contributed by atoms with Crippen molar-refractivity contribution in [3.05, 3.63) is 87.5 Å². The molecule has 0 unspecified atom stereocenters. The lowest BCUT2D eigenvalue weighted by molar-refractivity contribution is -0.385. The van der Waals surface area contributed by atoms with Gasteiger partial charge in [0, 0.05) is 42.3 Å². The van der Waals surface area contributed by atoms with Gasteiger partial charge in [0.05, 0.1) is 26.3 Å². The number of amides is 2. The number of nitro benzene ring substituents is 1. The highest BCUT2D eigenvalue weighted by Crippen LogP contribution is 2.29. The summed E-state index contributed by atoms with van der Waals surface area (Å²) in [5, 5.41) is 23.4. The molecule has 0 fully saturated rings. The number of ether oxygens (including phenoxy) is 3. The Hall–Kier alpha value is -5.04. The Morgan fingerprint density at radius 3 is 2.35 bits per heavy atom. The van der Waals surface area contributed by atoms with Gasteiger partial charge in [-0.05, 0) is 61.4 Å². The molecule has 43 heavy (non-hydrogen) atoms. The minimum Gasteiger partial charge on any atom is -0.497 e. The molecule has 1 N–H and O–H groups in total. The van der Waals surface area contributed by atoms with Crippen LogP contribution in [-0.4, -0.2) is 66.3 Å². The first-order valence-electron chi connectivity index (χ1n) is 13.3. The molecule has 1 aromatic heterocycles. The molecule has 4 rings (SSSR count). The molecule has 0 spiro atoms. The van der Waals surface area contributed by atoms with E-state index in [-0.39, 0.29) is 36.7 Å². The second-order valence-electron chi connectivity index (χ2n) is 9.43. The number of rotatable bonds is 13. The predicted octanol–water partition coefficient (Wildman–Crippen LogP) is 5.16. The van der Waals surface area contributed by atoms with Gasteiger partial charge in [-0.25, -0.2) is 0 Å². The Bertz CT molecular complexity index is 1610.